The maximum atomic E-state index is 12.2. The zero-order chi connectivity index (χ0) is 10.9. The maximum absolute atomic E-state index is 12.2. The molecule has 14 heavy (non-hydrogen) atoms. The summed E-state index contributed by atoms with van der Waals surface area (Å²) >= 11 is 0. The van der Waals surface area contributed by atoms with Crippen molar-refractivity contribution in [3.05, 3.63) is 11.4 Å². The van der Waals surface area contributed by atoms with Crippen molar-refractivity contribution >= 4 is 0 Å². The second kappa shape index (κ2) is 3.29. The molecule has 0 aliphatic rings. The van der Waals surface area contributed by atoms with Crippen LogP contribution in [0.25, 0.3) is 0 Å². The zero-order valence-electron chi connectivity index (χ0n) is 7.50. The summed E-state index contributed by atoms with van der Waals surface area (Å²) in [6.45, 7) is 3.24. The lowest BCUT2D eigenvalue weighted by Gasteiger charge is -2.05. The van der Waals surface area contributed by atoms with E-state index in [-0.39, 0.29) is 6.04 Å². The predicted octanol–water partition coefficient (Wildman–Crippen LogP) is 1.75. The molecule has 1 aromatic heterocycles. The molecule has 4 nitrogen and oxygen atoms in total. The molecular formula is C7H7F3N4. The molecule has 0 saturated heterocycles. The number of hydrogen-bond acceptors (Lipinski definition) is 3. The van der Waals surface area contributed by atoms with E-state index in [1.807, 2.05) is 0 Å². The fourth-order valence-corrected chi connectivity index (χ4v) is 0.950. The van der Waals surface area contributed by atoms with E-state index in [0.717, 1.165) is 4.68 Å². The van der Waals surface area contributed by atoms with Gasteiger partial charge in [-0.3, -0.25) is 0 Å². The minimum Gasteiger partial charge on any atom is -0.232 e. The molecule has 1 heterocycles. The molecule has 1 rings (SSSR count). The summed E-state index contributed by atoms with van der Waals surface area (Å²) in [5.74, 6) is 0. The second-order valence-electron chi connectivity index (χ2n) is 2.93. The molecule has 0 saturated carbocycles. The van der Waals surface area contributed by atoms with Gasteiger partial charge in [0.05, 0.1) is 0 Å². The Labute approximate surface area is 77.9 Å². The highest BCUT2D eigenvalue weighted by Gasteiger charge is 2.39. The Balaban J connectivity index is 3.30. The highest BCUT2D eigenvalue weighted by molar-refractivity contribution is 5.27. The Morgan fingerprint density at radius 2 is 2.00 bits per heavy atom. The van der Waals surface area contributed by atoms with Gasteiger partial charge in [-0.2, -0.15) is 18.4 Å². The fourth-order valence-electron chi connectivity index (χ4n) is 0.950. The van der Waals surface area contributed by atoms with Crippen LogP contribution in [-0.4, -0.2) is 15.0 Å². The SMILES string of the molecule is CC(C)n1nnc(C(F)(F)F)c1C#N. The molecule has 0 spiro atoms. The number of halogens is 3. The van der Waals surface area contributed by atoms with Crippen LogP contribution in [0, 0.1) is 11.3 Å². The van der Waals surface area contributed by atoms with Gasteiger partial charge in [-0.25, -0.2) is 4.68 Å². The highest BCUT2D eigenvalue weighted by Crippen LogP contribution is 2.30. The molecule has 0 bridgehead atoms. The number of alkyl halides is 3. The average Bonchev–Trinajstić information content (AvgIpc) is 2.45. The molecule has 0 radical (unpaired) electrons. The molecule has 0 N–H and O–H groups in total. The van der Waals surface area contributed by atoms with Gasteiger partial charge in [0.2, 0.25) is 5.69 Å². The van der Waals surface area contributed by atoms with E-state index >= 15 is 0 Å². The van der Waals surface area contributed by atoms with Crippen molar-refractivity contribution in [2.45, 2.75) is 26.1 Å². The van der Waals surface area contributed by atoms with Crippen molar-refractivity contribution in [2.24, 2.45) is 0 Å². The quantitative estimate of drug-likeness (QED) is 0.700. The number of nitrogens with zero attached hydrogens (tertiary/aromatic N) is 4. The summed E-state index contributed by atoms with van der Waals surface area (Å²) in [4.78, 5) is 0. The molecule has 0 aromatic carbocycles. The van der Waals surface area contributed by atoms with Crippen LogP contribution in [0.4, 0.5) is 13.2 Å². The highest BCUT2D eigenvalue weighted by atomic mass is 19.4. The van der Waals surface area contributed by atoms with E-state index in [1.165, 1.54) is 6.07 Å². The number of rotatable bonds is 1. The number of nitriles is 1. The van der Waals surface area contributed by atoms with Crippen molar-refractivity contribution < 1.29 is 13.2 Å². The van der Waals surface area contributed by atoms with Crippen molar-refractivity contribution in [3.63, 3.8) is 0 Å². The van der Waals surface area contributed by atoms with E-state index in [4.69, 9.17) is 5.26 Å². The van der Waals surface area contributed by atoms with Gasteiger partial charge >= 0.3 is 6.18 Å². The van der Waals surface area contributed by atoms with Crippen molar-refractivity contribution in [3.8, 4) is 6.07 Å². The van der Waals surface area contributed by atoms with Crippen molar-refractivity contribution in [1.29, 1.82) is 5.26 Å². The molecule has 0 unspecified atom stereocenters. The minimum absolute atomic E-state index is 0.326. The van der Waals surface area contributed by atoms with Gasteiger partial charge in [0.25, 0.3) is 0 Å². The molecule has 0 aliphatic heterocycles. The van der Waals surface area contributed by atoms with Crippen LogP contribution in [0.1, 0.15) is 31.3 Å². The van der Waals surface area contributed by atoms with Gasteiger partial charge < -0.3 is 0 Å². The van der Waals surface area contributed by atoms with Crippen LogP contribution in [0.15, 0.2) is 0 Å². The second-order valence-corrected chi connectivity index (χ2v) is 2.93. The molecule has 0 fully saturated rings. The third-order valence-electron chi connectivity index (χ3n) is 1.56. The van der Waals surface area contributed by atoms with Crippen LogP contribution in [0.3, 0.4) is 0 Å². The summed E-state index contributed by atoms with van der Waals surface area (Å²) < 4.78 is 37.7. The van der Waals surface area contributed by atoms with Crippen LogP contribution >= 0.6 is 0 Å². The van der Waals surface area contributed by atoms with Gasteiger partial charge in [-0.05, 0) is 13.8 Å². The predicted molar refractivity (Wildman–Crippen MR) is 40.1 cm³/mol. The number of hydrogen-bond donors (Lipinski definition) is 0. The summed E-state index contributed by atoms with van der Waals surface area (Å²) in [6.07, 6.45) is -4.63. The molecule has 0 atom stereocenters. The Hall–Kier alpha value is -1.58. The summed E-state index contributed by atoms with van der Waals surface area (Å²) in [5.41, 5.74) is -1.78. The lowest BCUT2D eigenvalue weighted by molar-refractivity contribution is -0.141. The van der Waals surface area contributed by atoms with E-state index in [1.54, 1.807) is 13.8 Å². The van der Waals surface area contributed by atoms with Gasteiger partial charge in [0.1, 0.15) is 6.07 Å². The van der Waals surface area contributed by atoms with Crippen LogP contribution in [0.5, 0.6) is 0 Å². The van der Waals surface area contributed by atoms with Crippen LogP contribution in [-0.2, 0) is 6.18 Å². The first kappa shape index (κ1) is 10.5. The first-order valence-electron chi connectivity index (χ1n) is 3.80. The molecule has 1 aromatic rings. The monoisotopic (exact) mass is 204 g/mol. The van der Waals surface area contributed by atoms with E-state index < -0.39 is 17.6 Å². The molecule has 0 aliphatic carbocycles. The van der Waals surface area contributed by atoms with E-state index in [2.05, 4.69) is 10.3 Å². The van der Waals surface area contributed by atoms with Crippen LogP contribution < -0.4 is 0 Å². The zero-order valence-corrected chi connectivity index (χ0v) is 7.50. The topological polar surface area (TPSA) is 54.5 Å². The fraction of sp³-hybridized carbons (Fsp3) is 0.571. The van der Waals surface area contributed by atoms with E-state index in [0.29, 0.717) is 0 Å². The Kier molecular flexibility index (Phi) is 2.47. The van der Waals surface area contributed by atoms with Gasteiger partial charge in [0.15, 0.2) is 5.69 Å². The van der Waals surface area contributed by atoms with Gasteiger partial charge in [-0.1, -0.05) is 5.21 Å². The van der Waals surface area contributed by atoms with Gasteiger partial charge in [-0.15, -0.1) is 5.10 Å². The largest absolute Gasteiger partial charge is 0.438 e. The Bertz CT molecular complexity index is 371. The number of aromatic nitrogens is 3. The lowest BCUT2D eigenvalue weighted by atomic mass is 10.3. The van der Waals surface area contributed by atoms with Crippen molar-refractivity contribution in [2.75, 3.05) is 0 Å². The average molecular weight is 204 g/mol. The van der Waals surface area contributed by atoms with Crippen LogP contribution in [0.2, 0.25) is 0 Å². The molecular weight excluding hydrogens is 197 g/mol. The minimum atomic E-state index is -4.63. The third-order valence-corrected chi connectivity index (χ3v) is 1.56. The summed E-state index contributed by atoms with van der Waals surface area (Å²) in [7, 11) is 0. The van der Waals surface area contributed by atoms with Gasteiger partial charge in [0, 0.05) is 6.04 Å². The normalized spacial score (nSPS) is 11.8. The maximum Gasteiger partial charge on any atom is 0.438 e. The first-order chi connectivity index (χ1) is 6.38. The molecule has 76 valence electrons. The third kappa shape index (κ3) is 1.69. The Morgan fingerprint density at radius 3 is 2.36 bits per heavy atom. The molecule has 0 amide bonds. The standard InChI is InChI=1S/C7H7F3N4/c1-4(2)14-5(3-11)6(12-13-14)7(8,9)10/h4H,1-2H3. The first-order valence-corrected chi connectivity index (χ1v) is 3.80. The van der Waals surface area contributed by atoms with Crippen molar-refractivity contribution in [1.82, 2.24) is 15.0 Å². The smallest absolute Gasteiger partial charge is 0.232 e. The van der Waals surface area contributed by atoms with E-state index in [9.17, 15) is 13.2 Å². The summed E-state index contributed by atoms with van der Waals surface area (Å²) in [5, 5.41) is 14.8. The Morgan fingerprint density at radius 1 is 1.43 bits per heavy atom. The lowest BCUT2D eigenvalue weighted by Crippen LogP contribution is -2.10. The molecule has 7 heteroatoms. The summed E-state index contributed by atoms with van der Waals surface area (Å²) in [6, 6.07) is 1.12.